The van der Waals surface area contributed by atoms with Crippen molar-refractivity contribution in [2.24, 2.45) is 5.41 Å². The Morgan fingerprint density at radius 1 is 1.30 bits per heavy atom. The summed E-state index contributed by atoms with van der Waals surface area (Å²) >= 11 is 3.57. The van der Waals surface area contributed by atoms with Gasteiger partial charge in [-0.25, -0.2) is 0 Å². The topological polar surface area (TPSA) is 25.2 Å². The van der Waals surface area contributed by atoms with Crippen LogP contribution in [0.15, 0.2) is 34.9 Å². The highest BCUT2D eigenvalue weighted by Crippen LogP contribution is 2.41. The molecule has 20 heavy (non-hydrogen) atoms. The van der Waals surface area contributed by atoms with Crippen LogP contribution in [0.3, 0.4) is 0 Å². The van der Waals surface area contributed by atoms with E-state index in [1.807, 2.05) is 0 Å². The van der Waals surface area contributed by atoms with Crippen molar-refractivity contribution in [3.05, 3.63) is 51.8 Å². The molecule has 2 aromatic rings. The van der Waals surface area contributed by atoms with E-state index in [4.69, 9.17) is 0 Å². The second-order valence-corrected chi connectivity index (χ2v) is 7.55. The summed E-state index contributed by atoms with van der Waals surface area (Å²) < 4.78 is 3.31. The van der Waals surface area contributed by atoms with Crippen LogP contribution < -0.4 is 0 Å². The van der Waals surface area contributed by atoms with E-state index >= 15 is 0 Å². The number of halogens is 1. The van der Waals surface area contributed by atoms with Crippen LogP contribution >= 0.6 is 15.9 Å². The van der Waals surface area contributed by atoms with Crippen molar-refractivity contribution in [1.82, 2.24) is 4.57 Å². The highest BCUT2D eigenvalue weighted by Gasteiger charge is 2.33. The maximum absolute atomic E-state index is 10.3. The zero-order valence-electron chi connectivity index (χ0n) is 12.2. The number of aryl methyl sites for hydroxylation is 1. The highest BCUT2D eigenvalue weighted by atomic mass is 79.9. The summed E-state index contributed by atoms with van der Waals surface area (Å²) in [4.78, 5) is 0. The van der Waals surface area contributed by atoms with Crippen molar-refractivity contribution in [1.29, 1.82) is 0 Å². The molecule has 1 aliphatic rings. The minimum Gasteiger partial charge on any atom is -0.388 e. The molecule has 0 amide bonds. The van der Waals surface area contributed by atoms with Gasteiger partial charge in [0.25, 0.3) is 0 Å². The van der Waals surface area contributed by atoms with Gasteiger partial charge in [-0.3, -0.25) is 0 Å². The molecule has 0 spiro atoms. The van der Waals surface area contributed by atoms with Gasteiger partial charge >= 0.3 is 0 Å². The number of fused-ring (bicyclic) bond motifs is 1. The van der Waals surface area contributed by atoms with Crippen LogP contribution in [0.5, 0.6) is 0 Å². The van der Waals surface area contributed by atoms with Crippen molar-refractivity contribution in [2.45, 2.75) is 39.7 Å². The Morgan fingerprint density at radius 2 is 2.05 bits per heavy atom. The first kappa shape index (κ1) is 13.9. The fourth-order valence-electron chi connectivity index (χ4n) is 3.23. The predicted molar refractivity (Wildman–Crippen MR) is 85.3 cm³/mol. The molecule has 0 aliphatic heterocycles. The highest BCUT2D eigenvalue weighted by molar-refractivity contribution is 9.10. The molecule has 0 fully saturated rings. The van der Waals surface area contributed by atoms with Gasteiger partial charge in [0.15, 0.2) is 0 Å². The standard InChI is InChI=1S/C17H20BrNO/c1-11-6-12(18)8-13(7-11)19-5-4-14-15(19)9-17(2,3)10-16(14)20/h4-8,16,20H,9-10H2,1-3H3. The molecule has 3 heteroatoms. The van der Waals surface area contributed by atoms with Gasteiger partial charge in [0.2, 0.25) is 0 Å². The monoisotopic (exact) mass is 333 g/mol. The van der Waals surface area contributed by atoms with E-state index in [1.165, 1.54) is 11.3 Å². The quantitative estimate of drug-likeness (QED) is 0.813. The lowest BCUT2D eigenvalue weighted by molar-refractivity contribution is 0.0987. The summed E-state index contributed by atoms with van der Waals surface area (Å²) in [5.41, 5.74) is 4.85. The molecule has 1 unspecified atom stereocenters. The van der Waals surface area contributed by atoms with E-state index in [9.17, 15) is 5.11 Å². The maximum Gasteiger partial charge on any atom is 0.0812 e. The first-order valence-corrected chi connectivity index (χ1v) is 7.81. The molecule has 3 rings (SSSR count). The van der Waals surface area contributed by atoms with Crippen LogP contribution in [-0.2, 0) is 6.42 Å². The zero-order valence-corrected chi connectivity index (χ0v) is 13.7. The molecule has 2 nitrogen and oxygen atoms in total. The third-order valence-corrected chi connectivity index (χ3v) is 4.54. The van der Waals surface area contributed by atoms with Crippen molar-refractivity contribution in [2.75, 3.05) is 0 Å². The normalized spacial score (nSPS) is 20.8. The van der Waals surface area contributed by atoms with Crippen molar-refractivity contribution < 1.29 is 5.11 Å². The Bertz CT molecular complexity index is 637. The summed E-state index contributed by atoms with van der Waals surface area (Å²) in [6, 6.07) is 8.48. The molecule has 1 aliphatic carbocycles. The van der Waals surface area contributed by atoms with Crippen LogP contribution in [0.1, 0.15) is 43.2 Å². The number of aliphatic hydroxyl groups is 1. The third kappa shape index (κ3) is 2.45. The number of hydrogen-bond donors (Lipinski definition) is 1. The van der Waals surface area contributed by atoms with E-state index in [2.05, 4.69) is 71.7 Å². The van der Waals surface area contributed by atoms with Gasteiger partial charge in [0.1, 0.15) is 0 Å². The SMILES string of the molecule is Cc1cc(Br)cc(-n2ccc3c2CC(C)(C)CC3O)c1. The van der Waals surface area contributed by atoms with Crippen LogP contribution in [0.4, 0.5) is 0 Å². The van der Waals surface area contributed by atoms with Crippen LogP contribution in [-0.4, -0.2) is 9.67 Å². The molecule has 1 aromatic carbocycles. The first-order valence-electron chi connectivity index (χ1n) is 7.01. The van der Waals surface area contributed by atoms with Crippen LogP contribution in [0.25, 0.3) is 5.69 Å². The number of benzene rings is 1. The number of hydrogen-bond acceptors (Lipinski definition) is 1. The molecular weight excluding hydrogens is 314 g/mol. The summed E-state index contributed by atoms with van der Waals surface area (Å²) in [6.45, 7) is 6.55. The number of rotatable bonds is 1. The summed E-state index contributed by atoms with van der Waals surface area (Å²) in [5.74, 6) is 0. The first-order chi connectivity index (χ1) is 9.35. The number of nitrogens with zero attached hydrogens (tertiary/aromatic N) is 1. The Kier molecular flexibility index (Phi) is 3.30. The lowest BCUT2D eigenvalue weighted by Crippen LogP contribution is -2.26. The summed E-state index contributed by atoms with van der Waals surface area (Å²) in [5, 5.41) is 10.3. The molecule has 1 heterocycles. The smallest absolute Gasteiger partial charge is 0.0812 e. The maximum atomic E-state index is 10.3. The van der Waals surface area contributed by atoms with Crippen molar-refractivity contribution in [3.63, 3.8) is 0 Å². The lowest BCUT2D eigenvalue weighted by atomic mass is 9.75. The Hall–Kier alpha value is -1.06. The van der Waals surface area contributed by atoms with Crippen LogP contribution in [0, 0.1) is 12.3 Å². The van der Waals surface area contributed by atoms with Crippen LogP contribution in [0.2, 0.25) is 0 Å². The van der Waals surface area contributed by atoms with E-state index in [-0.39, 0.29) is 11.5 Å². The molecule has 0 saturated carbocycles. The van der Waals surface area contributed by atoms with Gasteiger partial charge in [-0.2, -0.15) is 0 Å². The lowest BCUT2D eigenvalue weighted by Gasteiger charge is -2.34. The minimum atomic E-state index is -0.344. The molecule has 0 radical (unpaired) electrons. The molecule has 1 atom stereocenters. The van der Waals surface area contributed by atoms with Gasteiger partial charge in [-0.1, -0.05) is 29.8 Å². The van der Waals surface area contributed by atoms with E-state index in [1.54, 1.807) is 0 Å². The van der Waals surface area contributed by atoms with Gasteiger partial charge in [-0.15, -0.1) is 0 Å². The largest absolute Gasteiger partial charge is 0.388 e. The molecule has 1 aromatic heterocycles. The predicted octanol–water partition coefficient (Wildman–Crippen LogP) is 4.55. The second kappa shape index (κ2) is 4.74. The van der Waals surface area contributed by atoms with E-state index < -0.39 is 0 Å². The third-order valence-electron chi connectivity index (χ3n) is 4.08. The van der Waals surface area contributed by atoms with E-state index in [0.717, 1.165) is 28.6 Å². The Balaban J connectivity index is 2.13. The minimum absolute atomic E-state index is 0.142. The Morgan fingerprint density at radius 3 is 2.75 bits per heavy atom. The van der Waals surface area contributed by atoms with Gasteiger partial charge in [0, 0.05) is 27.6 Å². The number of aromatic nitrogens is 1. The second-order valence-electron chi connectivity index (χ2n) is 6.64. The summed E-state index contributed by atoms with van der Waals surface area (Å²) in [7, 11) is 0. The van der Waals surface area contributed by atoms with Crippen molar-refractivity contribution in [3.8, 4) is 5.69 Å². The fourth-order valence-corrected chi connectivity index (χ4v) is 3.82. The average Bonchev–Trinajstić information content (AvgIpc) is 2.69. The molecule has 1 N–H and O–H groups in total. The number of aliphatic hydroxyl groups excluding tert-OH is 1. The van der Waals surface area contributed by atoms with Gasteiger partial charge in [0.05, 0.1) is 6.10 Å². The molecular formula is C17H20BrNO. The van der Waals surface area contributed by atoms with Crippen molar-refractivity contribution >= 4 is 15.9 Å². The van der Waals surface area contributed by atoms with Gasteiger partial charge in [-0.05, 0) is 55.0 Å². The molecule has 0 saturated heterocycles. The Labute approximate surface area is 128 Å². The molecule has 106 valence electrons. The van der Waals surface area contributed by atoms with E-state index in [0.29, 0.717) is 0 Å². The zero-order chi connectivity index (χ0) is 14.5. The molecule has 0 bridgehead atoms. The fraction of sp³-hybridized carbons (Fsp3) is 0.412. The van der Waals surface area contributed by atoms with Gasteiger partial charge < -0.3 is 9.67 Å². The average molecular weight is 334 g/mol. The summed E-state index contributed by atoms with van der Waals surface area (Å²) in [6.07, 6.45) is 3.57.